The summed E-state index contributed by atoms with van der Waals surface area (Å²) in [6.45, 7) is 0. The molecule has 5 nitrogen and oxygen atoms in total. The molecular weight excluding hydrogens is 240 g/mol. The van der Waals surface area contributed by atoms with E-state index in [9.17, 15) is 0 Å². The van der Waals surface area contributed by atoms with E-state index in [1.165, 1.54) is 0 Å². The molecule has 0 aliphatic rings. The van der Waals surface area contributed by atoms with Crippen LogP contribution in [0.2, 0.25) is 0 Å². The molecule has 3 aromatic rings. The standard InChI is InChI=1S/C14H10N4O/c1-2-5-11(6-3-1)19-12-7-10-17-14(18-12)13-15-8-4-9-16-13/h1-10H. The van der Waals surface area contributed by atoms with Crippen molar-refractivity contribution in [1.29, 1.82) is 0 Å². The molecule has 0 amide bonds. The van der Waals surface area contributed by atoms with Crippen molar-refractivity contribution in [2.75, 3.05) is 0 Å². The van der Waals surface area contributed by atoms with Crippen LogP contribution in [-0.2, 0) is 0 Å². The Labute approximate surface area is 110 Å². The van der Waals surface area contributed by atoms with Gasteiger partial charge < -0.3 is 4.74 Å². The molecule has 0 saturated carbocycles. The number of aromatic nitrogens is 4. The van der Waals surface area contributed by atoms with Crippen LogP contribution in [0, 0.1) is 0 Å². The van der Waals surface area contributed by atoms with E-state index in [-0.39, 0.29) is 0 Å². The van der Waals surface area contributed by atoms with Crippen molar-refractivity contribution in [2.24, 2.45) is 0 Å². The van der Waals surface area contributed by atoms with Gasteiger partial charge >= 0.3 is 0 Å². The molecule has 0 radical (unpaired) electrons. The van der Waals surface area contributed by atoms with E-state index in [1.54, 1.807) is 30.7 Å². The highest BCUT2D eigenvalue weighted by molar-refractivity contribution is 5.43. The second-order valence-corrected chi connectivity index (χ2v) is 3.71. The monoisotopic (exact) mass is 250 g/mol. The van der Waals surface area contributed by atoms with Crippen molar-refractivity contribution in [3.63, 3.8) is 0 Å². The highest BCUT2D eigenvalue weighted by Crippen LogP contribution is 2.19. The summed E-state index contributed by atoms with van der Waals surface area (Å²) < 4.78 is 5.63. The van der Waals surface area contributed by atoms with E-state index in [1.807, 2.05) is 30.3 Å². The summed E-state index contributed by atoms with van der Waals surface area (Å²) in [6, 6.07) is 12.9. The number of rotatable bonds is 3. The van der Waals surface area contributed by atoms with Gasteiger partial charge in [0.15, 0.2) is 5.82 Å². The summed E-state index contributed by atoms with van der Waals surface area (Å²) >= 11 is 0. The molecule has 0 atom stereocenters. The topological polar surface area (TPSA) is 60.8 Å². The smallest absolute Gasteiger partial charge is 0.222 e. The Morgan fingerprint density at radius 2 is 1.42 bits per heavy atom. The Morgan fingerprint density at radius 1 is 0.684 bits per heavy atom. The molecule has 0 saturated heterocycles. The predicted molar refractivity (Wildman–Crippen MR) is 69.6 cm³/mol. The van der Waals surface area contributed by atoms with E-state index in [0.29, 0.717) is 17.5 Å². The fourth-order valence-electron chi connectivity index (χ4n) is 1.53. The van der Waals surface area contributed by atoms with Crippen LogP contribution in [-0.4, -0.2) is 19.9 Å². The summed E-state index contributed by atoms with van der Waals surface area (Å²) in [7, 11) is 0. The molecule has 0 aliphatic carbocycles. The molecule has 0 N–H and O–H groups in total. The lowest BCUT2D eigenvalue weighted by molar-refractivity contribution is 0.462. The van der Waals surface area contributed by atoms with Crippen LogP contribution < -0.4 is 4.74 Å². The van der Waals surface area contributed by atoms with E-state index in [2.05, 4.69) is 19.9 Å². The molecule has 5 heteroatoms. The Morgan fingerprint density at radius 3 is 2.21 bits per heavy atom. The highest BCUT2D eigenvalue weighted by Gasteiger charge is 2.06. The lowest BCUT2D eigenvalue weighted by atomic mass is 10.3. The zero-order valence-electron chi connectivity index (χ0n) is 9.97. The number of para-hydroxylation sites is 1. The molecule has 2 aromatic heterocycles. The lowest BCUT2D eigenvalue weighted by Gasteiger charge is -2.04. The Balaban J connectivity index is 1.89. The quantitative estimate of drug-likeness (QED) is 0.715. The normalized spacial score (nSPS) is 10.1. The maximum absolute atomic E-state index is 5.63. The van der Waals surface area contributed by atoms with Gasteiger partial charge in [-0.05, 0) is 18.2 Å². The van der Waals surface area contributed by atoms with Gasteiger partial charge in [0.25, 0.3) is 0 Å². The predicted octanol–water partition coefficient (Wildman–Crippen LogP) is 2.73. The SMILES string of the molecule is c1ccc(Oc2ccnc(-c3ncccn3)n2)cc1. The first kappa shape index (κ1) is 11.3. The van der Waals surface area contributed by atoms with Gasteiger partial charge in [-0.25, -0.2) is 15.0 Å². The van der Waals surface area contributed by atoms with Crippen LogP contribution in [0.25, 0.3) is 11.6 Å². The maximum Gasteiger partial charge on any atom is 0.222 e. The molecular formula is C14H10N4O. The van der Waals surface area contributed by atoms with E-state index in [0.717, 1.165) is 5.75 Å². The number of hydrogen-bond acceptors (Lipinski definition) is 5. The van der Waals surface area contributed by atoms with Gasteiger partial charge in [-0.15, -0.1) is 0 Å². The minimum Gasteiger partial charge on any atom is -0.439 e. The van der Waals surface area contributed by atoms with E-state index < -0.39 is 0 Å². The van der Waals surface area contributed by atoms with E-state index >= 15 is 0 Å². The maximum atomic E-state index is 5.63. The molecule has 0 aliphatic heterocycles. The van der Waals surface area contributed by atoms with Crippen molar-refractivity contribution in [1.82, 2.24) is 19.9 Å². The summed E-state index contributed by atoms with van der Waals surface area (Å²) in [4.78, 5) is 16.6. The second-order valence-electron chi connectivity index (χ2n) is 3.71. The molecule has 3 rings (SSSR count). The first-order chi connectivity index (χ1) is 9.42. The van der Waals surface area contributed by atoms with Crippen LogP contribution in [0.3, 0.4) is 0 Å². The Bertz CT molecular complexity index is 659. The van der Waals surface area contributed by atoms with Crippen molar-refractivity contribution in [3.05, 3.63) is 61.1 Å². The fourth-order valence-corrected chi connectivity index (χ4v) is 1.53. The van der Waals surface area contributed by atoms with Gasteiger partial charge in [-0.1, -0.05) is 18.2 Å². The summed E-state index contributed by atoms with van der Waals surface area (Å²) in [5.41, 5.74) is 0. The number of ether oxygens (including phenoxy) is 1. The third-order valence-corrected chi connectivity index (χ3v) is 2.36. The average molecular weight is 250 g/mol. The minimum absolute atomic E-state index is 0.439. The largest absolute Gasteiger partial charge is 0.439 e. The van der Waals surface area contributed by atoms with Gasteiger partial charge in [0.05, 0.1) is 0 Å². The number of nitrogens with zero attached hydrogens (tertiary/aromatic N) is 4. The molecule has 92 valence electrons. The third kappa shape index (κ3) is 2.71. The molecule has 1 aromatic carbocycles. The van der Waals surface area contributed by atoms with Crippen LogP contribution in [0.4, 0.5) is 0 Å². The van der Waals surface area contributed by atoms with Gasteiger partial charge in [0.2, 0.25) is 11.7 Å². The van der Waals surface area contributed by atoms with Crippen molar-refractivity contribution in [3.8, 4) is 23.3 Å². The zero-order valence-corrected chi connectivity index (χ0v) is 9.97. The molecule has 0 fully saturated rings. The van der Waals surface area contributed by atoms with E-state index in [4.69, 9.17) is 4.74 Å². The van der Waals surface area contributed by atoms with Crippen molar-refractivity contribution < 1.29 is 4.74 Å². The summed E-state index contributed by atoms with van der Waals surface area (Å²) in [6.07, 6.45) is 4.92. The molecule has 19 heavy (non-hydrogen) atoms. The van der Waals surface area contributed by atoms with Crippen molar-refractivity contribution in [2.45, 2.75) is 0 Å². The van der Waals surface area contributed by atoms with Gasteiger partial charge in [0, 0.05) is 24.7 Å². The minimum atomic E-state index is 0.439. The van der Waals surface area contributed by atoms with Gasteiger partial charge in [0.1, 0.15) is 5.75 Å². The molecule has 0 bridgehead atoms. The Kier molecular flexibility index (Phi) is 3.10. The molecule has 2 heterocycles. The second kappa shape index (κ2) is 5.22. The van der Waals surface area contributed by atoms with Crippen molar-refractivity contribution >= 4 is 0 Å². The fraction of sp³-hybridized carbons (Fsp3) is 0. The lowest BCUT2D eigenvalue weighted by Crippen LogP contribution is -1.96. The number of hydrogen-bond donors (Lipinski definition) is 0. The molecule has 0 unspecified atom stereocenters. The number of benzene rings is 1. The Hall–Kier alpha value is -2.82. The van der Waals surface area contributed by atoms with Gasteiger partial charge in [-0.3, -0.25) is 0 Å². The first-order valence-electron chi connectivity index (χ1n) is 5.75. The van der Waals surface area contributed by atoms with Gasteiger partial charge in [-0.2, -0.15) is 4.98 Å². The molecule has 0 spiro atoms. The average Bonchev–Trinajstić information content (AvgIpc) is 2.49. The van der Waals surface area contributed by atoms with Crippen LogP contribution in [0.1, 0.15) is 0 Å². The summed E-state index contributed by atoms with van der Waals surface area (Å²) in [5, 5.41) is 0. The zero-order chi connectivity index (χ0) is 12.9. The third-order valence-electron chi connectivity index (χ3n) is 2.36. The summed E-state index contributed by atoms with van der Waals surface area (Å²) in [5.74, 6) is 2.10. The highest BCUT2D eigenvalue weighted by atomic mass is 16.5. The van der Waals surface area contributed by atoms with Crippen LogP contribution in [0.5, 0.6) is 11.6 Å². The first-order valence-corrected chi connectivity index (χ1v) is 5.75. The van der Waals surface area contributed by atoms with Crippen LogP contribution in [0.15, 0.2) is 61.1 Å². The van der Waals surface area contributed by atoms with Crippen LogP contribution >= 0.6 is 0 Å².